The van der Waals surface area contributed by atoms with Gasteiger partial charge in [-0.15, -0.1) is 0 Å². The number of fused-ring (bicyclic) bond motifs is 3. The summed E-state index contributed by atoms with van der Waals surface area (Å²) in [7, 11) is 0. The minimum Gasteiger partial charge on any atom is -0.309 e. The molecule has 0 radical (unpaired) electrons. The van der Waals surface area contributed by atoms with Gasteiger partial charge in [-0.2, -0.15) is 0 Å². The first-order valence-electron chi connectivity index (χ1n) is 12.0. The lowest BCUT2D eigenvalue weighted by molar-refractivity contribution is 0.590. The molecule has 1 nitrogen and oxygen atoms in total. The molecule has 0 unspecified atom stereocenters. The maximum absolute atomic E-state index is 3.70. The molecule has 0 N–H and O–H groups in total. The lowest BCUT2D eigenvalue weighted by atomic mass is 9.86. The zero-order valence-electron chi connectivity index (χ0n) is 20.9. The van der Waals surface area contributed by atoms with Crippen molar-refractivity contribution < 1.29 is 0 Å². The highest BCUT2D eigenvalue weighted by atomic mass is 79.9. The summed E-state index contributed by atoms with van der Waals surface area (Å²) in [5, 5.41) is 2.53. The summed E-state index contributed by atoms with van der Waals surface area (Å²) in [4.78, 5) is 0. The van der Waals surface area contributed by atoms with E-state index in [0.717, 1.165) is 4.47 Å². The van der Waals surface area contributed by atoms with Gasteiger partial charge in [0.05, 0.1) is 11.0 Å². The Labute approximate surface area is 211 Å². The van der Waals surface area contributed by atoms with Crippen LogP contribution in [0.3, 0.4) is 0 Å². The SMILES string of the molecule is CC(C)(C)c1ccc(-c2ccc3c(c2)c2cc(Br)ccc2n3-c2ccc(C(C)(C)C)cc2)cc1. The Bertz CT molecular complexity index is 1490. The highest BCUT2D eigenvalue weighted by Gasteiger charge is 2.17. The van der Waals surface area contributed by atoms with E-state index in [4.69, 9.17) is 0 Å². The molecule has 0 fully saturated rings. The number of nitrogens with zero attached hydrogens (tertiary/aromatic N) is 1. The molecule has 1 heterocycles. The molecule has 172 valence electrons. The van der Waals surface area contributed by atoms with E-state index in [0.29, 0.717) is 0 Å². The Morgan fingerprint density at radius 3 is 1.56 bits per heavy atom. The lowest BCUT2D eigenvalue weighted by Gasteiger charge is -2.19. The van der Waals surface area contributed by atoms with Crippen molar-refractivity contribution in [2.45, 2.75) is 52.4 Å². The van der Waals surface area contributed by atoms with Crippen LogP contribution in [0.1, 0.15) is 52.7 Å². The summed E-state index contributed by atoms with van der Waals surface area (Å²) in [6, 6.07) is 31.5. The van der Waals surface area contributed by atoms with Crippen molar-refractivity contribution in [3.05, 3.63) is 101 Å². The molecule has 34 heavy (non-hydrogen) atoms. The molecule has 0 saturated heterocycles. The minimum atomic E-state index is 0.141. The van der Waals surface area contributed by atoms with Crippen molar-refractivity contribution in [3.8, 4) is 16.8 Å². The van der Waals surface area contributed by atoms with Crippen LogP contribution >= 0.6 is 15.9 Å². The number of hydrogen-bond acceptors (Lipinski definition) is 0. The second-order valence-electron chi connectivity index (χ2n) is 11.4. The Morgan fingerprint density at radius 1 is 0.529 bits per heavy atom. The van der Waals surface area contributed by atoms with E-state index in [1.807, 2.05) is 0 Å². The Hall–Kier alpha value is -2.84. The largest absolute Gasteiger partial charge is 0.309 e. The molecule has 5 aromatic rings. The molecule has 1 aromatic heterocycles. The third-order valence-electron chi connectivity index (χ3n) is 6.80. The molecule has 5 rings (SSSR count). The van der Waals surface area contributed by atoms with Crippen molar-refractivity contribution in [3.63, 3.8) is 0 Å². The topological polar surface area (TPSA) is 4.93 Å². The molecule has 0 amide bonds. The number of benzene rings is 4. The van der Waals surface area contributed by atoms with Crippen LogP contribution in [-0.2, 0) is 10.8 Å². The van der Waals surface area contributed by atoms with Crippen molar-refractivity contribution in [1.82, 2.24) is 4.57 Å². The maximum Gasteiger partial charge on any atom is 0.0541 e. The Kier molecular flexibility index (Phi) is 5.48. The summed E-state index contributed by atoms with van der Waals surface area (Å²) in [6.07, 6.45) is 0. The summed E-state index contributed by atoms with van der Waals surface area (Å²) >= 11 is 3.70. The normalized spacial score (nSPS) is 12.6. The fraction of sp³-hybridized carbons (Fsp3) is 0.250. The van der Waals surface area contributed by atoms with Gasteiger partial charge >= 0.3 is 0 Å². The van der Waals surface area contributed by atoms with Crippen LogP contribution in [0.25, 0.3) is 38.6 Å². The van der Waals surface area contributed by atoms with E-state index in [1.165, 1.54) is 49.7 Å². The predicted octanol–water partition coefficient (Wildman–Crippen LogP) is 9.81. The first-order chi connectivity index (χ1) is 16.0. The standard InChI is InChI=1S/C32H32BrN/c1-31(2,3)23-10-7-21(8-11-23)22-9-17-29-27(19-22)28-20-25(33)14-18-30(28)34(29)26-15-12-24(13-16-26)32(4,5)6/h7-20H,1-6H3. The number of aromatic nitrogens is 1. The van der Waals surface area contributed by atoms with Gasteiger partial charge in [-0.3, -0.25) is 0 Å². The van der Waals surface area contributed by atoms with Crippen LogP contribution < -0.4 is 0 Å². The molecule has 0 aliphatic carbocycles. The Morgan fingerprint density at radius 2 is 1.00 bits per heavy atom. The summed E-state index contributed by atoms with van der Waals surface area (Å²) < 4.78 is 3.48. The van der Waals surface area contributed by atoms with Crippen LogP contribution in [0.2, 0.25) is 0 Å². The molecular formula is C32H32BrN. The zero-order valence-corrected chi connectivity index (χ0v) is 22.5. The van der Waals surface area contributed by atoms with Crippen LogP contribution in [-0.4, -0.2) is 4.57 Å². The van der Waals surface area contributed by atoms with Crippen LogP contribution in [0.5, 0.6) is 0 Å². The molecule has 0 bridgehead atoms. The van der Waals surface area contributed by atoms with Gasteiger partial charge < -0.3 is 4.57 Å². The molecular weight excluding hydrogens is 478 g/mol. The monoisotopic (exact) mass is 509 g/mol. The molecule has 0 atom stereocenters. The molecule has 0 saturated carbocycles. The molecule has 0 aliphatic rings. The highest BCUT2D eigenvalue weighted by Crippen LogP contribution is 2.37. The van der Waals surface area contributed by atoms with Gasteiger partial charge in [0.25, 0.3) is 0 Å². The smallest absolute Gasteiger partial charge is 0.0541 e. The lowest BCUT2D eigenvalue weighted by Crippen LogP contribution is -2.10. The van der Waals surface area contributed by atoms with Gasteiger partial charge in [0.1, 0.15) is 0 Å². The van der Waals surface area contributed by atoms with Crippen molar-refractivity contribution in [2.24, 2.45) is 0 Å². The fourth-order valence-electron chi connectivity index (χ4n) is 4.73. The van der Waals surface area contributed by atoms with Gasteiger partial charge in [0, 0.05) is 20.9 Å². The van der Waals surface area contributed by atoms with E-state index in [2.05, 4.69) is 147 Å². The van der Waals surface area contributed by atoms with Gasteiger partial charge in [0.2, 0.25) is 0 Å². The average Bonchev–Trinajstić information content (AvgIpc) is 3.11. The van der Waals surface area contributed by atoms with E-state index in [1.54, 1.807) is 0 Å². The summed E-state index contributed by atoms with van der Waals surface area (Å²) in [6.45, 7) is 13.6. The number of hydrogen-bond donors (Lipinski definition) is 0. The highest BCUT2D eigenvalue weighted by molar-refractivity contribution is 9.10. The minimum absolute atomic E-state index is 0.141. The van der Waals surface area contributed by atoms with E-state index < -0.39 is 0 Å². The maximum atomic E-state index is 3.70. The number of halogens is 1. The predicted molar refractivity (Wildman–Crippen MR) is 151 cm³/mol. The third kappa shape index (κ3) is 4.09. The van der Waals surface area contributed by atoms with Gasteiger partial charge in [-0.25, -0.2) is 0 Å². The first-order valence-corrected chi connectivity index (χ1v) is 12.8. The molecule has 4 aromatic carbocycles. The van der Waals surface area contributed by atoms with Crippen molar-refractivity contribution in [2.75, 3.05) is 0 Å². The van der Waals surface area contributed by atoms with Crippen LogP contribution in [0, 0.1) is 0 Å². The second-order valence-corrected chi connectivity index (χ2v) is 12.3. The van der Waals surface area contributed by atoms with E-state index in [9.17, 15) is 0 Å². The summed E-state index contributed by atoms with van der Waals surface area (Å²) in [5.41, 5.74) is 9.14. The first kappa shape index (κ1) is 22.9. The molecule has 0 aliphatic heterocycles. The summed E-state index contributed by atoms with van der Waals surface area (Å²) in [5.74, 6) is 0. The third-order valence-corrected chi connectivity index (χ3v) is 7.30. The van der Waals surface area contributed by atoms with Crippen LogP contribution in [0.15, 0.2) is 89.4 Å². The number of rotatable bonds is 2. The van der Waals surface area contributed by atoms with Gasteiger partial charge in [-0.05, 0) is 75.5 Å². The van der Waals surface area contributed by atoms with E-state index >= 15 is 0 Å². The quantitative estimate of drug-likeness (QED) is 0.223. The van der Waals surface area contributed by atoms with Crippen molar-refractivity contribution in [1.29, 1.82) is 0 Å². The average molecular weight is 511 g/mol. The van der Waals surface area contributed by atoms with Crippen molar-refractivity contribution >= 4 is 37.7 Å². The molecule has 0 spiro atoms. The second kappa shape index (κ2) is 8.13. The van der Waals surface area contributed by atoms with Gasteiger partial charge in [0.15, 0.2) is 0 Å². The van der Waals surface area contributed by atoms with Crippen LogP contribution in [0.4, 0.5) is 0 Å². The van der Waals surface area contributed by atoms with E-state index in [-0.39, 0.29) is 10.8 Å². The Balaban J connectivity index is 1.69. The zero-order chi connectivity index (χ0) is 24.3. The molecule has 2 heteroatoms. The fourth-order valence-corrected chi connectivity index (χ4v) is 5.09. The van der Waals surface area contributed by atoms with Gasteiger partial charge in [-0.1, -0.05) is 99.9 Å².